The van der Waals surface area contributed by atoms with E-state index in [1.807, 2.05) is 23.2 Å². The van der Waals surface area contributed by atoms with E-state index >= 15 is 0 Å². The summed E-state index contributed by atoms with van der Waals surface area (Å²) >= 11 is 0. The van der Waals surface area contributed by atoms with Gasteiger partial charge >= 0.3 is 0 Å². The summed E-state index contributed by atoms with van der Waals surface area (Å²) < 4.78 is 10.5. The van der Waals surface area contributed by atoms with Crippen LogP contribution in [0, 0.1) is 0 Å². The summed E-state index contributed by atoms with van der Waals surface area (Å²) in [5, 5.41) is 1.88. The molecule has 2 N–H and O–H groups in total. The number of hydrogen-bond acceptors (Lipinski definition) is 4. The van der Waals surface area contributed by atoms with Gasteiger partial charge in [-0.25, -0.2) is 5.01 Å². The Balaban J connectivity index is 2.96. The molecule has 2 atom stereocenters. The lowest BCUT2D eigenvalue weighted by atomic mass is 10.1. The number of benzene rings is 1. The molecule has 0 spiro atoms. The van der Waals surface area contributed by atoms with E-state index in [-0.39, 0.29) is 6.04 Å². The predicted octanol–water partition coefficient (Wildman–Crippen LogP) is 2.74. The highest BCUT2D eigenvalue weighted by molar-refractivity contribution is 5.43. The maximum Gasteiger partial charge on any atom is 0.161 e. The molecule has 0 amide bonds. The Kier molecular flexibility index (Phi) is 5.44. The molecule has 4 heteroatoms. The van der Waals surface area contributed by atoms with Gasteiger partial charge in [0.15, 0.2) is 11.5 Å². The van der Waals surface area contributed by atoms with Crippen LogP contribution in [0.4, 0.5) is 0 Å². The first-order chi connectivity index (χ1) is 8.54. The smallest absolute Gasteiger partial charge is 0.161 e. The van der Waals surface area contributed by atoms with Crippen LogP contribution in [0.1, 0.15) is 38.8 Å². The fourth-order valence-electron chi connectivity index (χ4n) is 1.88. The molecule has 0 aliphatic carbocycles. The zero-order valence-corrected chi connectivity index (χ0v) is 11.9. The first-order valence-electron chi connectivity index (χ1n) is 6.30. The van der Waals surface area contributed by atoms with Gasteiger partial charge in [0.05, 0.1) is 14.2 Å². The Labute approximate surface area is 110 Å². The zero-order valence-electron chi connectivity index (χ0n) is 11.9. The largest absolute Gasteiger partial charge is 0.493 e. The van der Waals surface area contributed by atoms with Crippen molar-refractivity contribution in [2.45, 2.75) is 39.3 Å². The molecule has 4 nitrogen and oxygen atoms in total. The Bertz CT molecular complexity index is 382. The number of ether oxygens (including phenoxy) is 2. The SMILES string of the molecule is CCC(C)N(N)C(C)c1ccc(OC)c(OC)c1. The lowest BCUT2D eigenvalue weighted by molar-refractivity contribution is 0.152. The van der Waals surface area contributed by atoms with Crippen molar-refractivity contribution in [2.75, 3.05) is 14.2 Å². The second-order valence-corrected chi connectivity index (χ2v) is 4.49. The van der Waals surface area contributed by atoms with Gasteiger partial charge in [-0.1, -0.05) is 13.0 Å². The molecule has 0 aliphatic rings. The summed E-state index contributed by atoms with van der Waals surface area (Å²) in [6.45, 7) is 6.34. The number of rotatable bonds is 6. The summed E-state index contributed by atoms with van der Waals surface area (Å²) in [7, 11) is 3.27. The molecular weight excluding hydrogens is 228 g/mol. The topological polar surface area (TPSA) is 47.7 Å². The maximum absolute atomic E-state index is 6.13. The highest BCUT2D eigenvalue weighted by Crippen LogP contribution is 2.31. The second-order valence-electron chi connectivity index (χ2n) is 4.49. The third-order valence-electron chi connectivity index (χ3n) is 3.44. The predicted molar refractivity (Wildman–Crippen MR) is 73.7 cm³/mol. The molecule has 0 bridgehead atoms. The molecule has 0 fully saturated rings. The van der Waals surface area contributed by atoms with Crippen molar-refractivity contribution in [3.63, 3.8) is 0 Å². The van der Waals surface area contributed by atoms with Gasteiger partial charge in [-0.15, -0.1) is 0 Å². The van der Waals surface area contributed by atoms with Crippen molar-refractivity contribution >= 4 is 0 Å². The van der Waals surface area contributed by atoms with Gasteiger partial charge in [0, 0.05) is 12.1 Å². The molecule has 1 aromatic carbocycles. The van der Waals surface area contributed by atoms with E-state index in [1.165, 1.54) is 0 Å². The number of methoxy groups -OCH3 is 2. The summed E-state index contributed by atoms with van der Waals surface area (Å²) in [6.07, 6.45) is 1.02. The Morgan fingerprint density at radius 1 is 1.17 bits per heavy atom. The molecule has 1 aromatic rings. The Hall–Kier alpha value is -1.26. The Morgan fingerprint density at radius 3 is 2.28 bits per heavy atom. The molecule has 0 saturated carbocycles. The van der Waals surface area contributed by atoms with Crippen molar-refractivity contribution in [2.24, 2.45) is 5.84 Å². The van der Waals surface area contributed by atoms with Gasteiger partial charge < -0.3 is 9.47 Å². The van der Waals surface area contributed by atoms with E-state index < -0.39 is 0 Å². The highest BCUT2D eigenvalue weighted by atomic mass is 16.5. The molecule has 1 rings (SSSR count). The van der Waals surface area contributed by atoms with Crippen LogP contribution in [0.25, 0.3) is 0 Å². The van der Waals surface area contributed by atoms with Gasteiger partial charge in [-0.3, -0.25) is 5.84 Å². The third kappa shape index (κ3) is 3.15. The molecule has 2 unspecified atom stereocenters. The first-order valence-corrected chi connectivity index (χ1v) is 6.30. The maximum atomic E-state index is 6.13. The minimum absolute atomic E-state index is 0.139. The normalized spacial score (nSPS) is 14.4. The van der Waals surface area contributed by atoms with Gasteiger partial charge in [-0.2, -0.15) is 0 Å². The molecular formula is C14H24N2O2. The number of nitrogens with zero attached hydrogens (tertiary/aromatic N) is 1. The summed E-state index contributed by atoms with van der Waals surface area (Å²) in [5.74, 6) is 7.60. The van der Waals surface area contributed by atoms with Crippen molar-refractivity contribution < 1.29 is 9.47 Å². The van der Waals surface area contributed by atoms with Crippen LogP contribution < -0.4 is 15.3 Å². The van der Waals surface area contributed by atoms with E-state index in [2.05, 4.69) is 20.8 Å². The molecule has 18 heavy (non-hydrogen) atoms. The fraction of sp³-hybridized carbons (Fsp3) is 0.571. The standard InChI is InChI=1S/C14H24N2O2/c1-6-10(2)16(15)11(3)12-7-8-13(17-4)14(9-12)18-5/h7-11H,6,15H2,1-5H3. The quantitative estimate of drug-likeness (QED) is 0.624. The number of hydrazine groups is 1. The van der Waals surface area contributed by atoms with Gasteiger partial charge in [0.1, 0.15) is 0 Å². The molecule has 0 saturated heterocycles. The molecule has 0 aliphatic heterocycles. The van der Waals surface area contributed by atoms with Gasteiger partial charge in [-0.05, 0) is 38.0 Å². The summed E-state index contributed by atoms with van der Waals surface area (Å²) in [5.41, 5.74) is 1.12. The average molecular weight is 252 g/mol. The third-order valence-corrected chi connectivity index (χ3v) is 3.44. The van der Waals surface area contributed by atoms with E-state index in [0.717, 1.165) is 23.5 Å². The van der Waals surface area contributed by atoms with Crippen LogP contribution in [0.2, 0.25) is 0 Å². The van der Waals surface area contributed by atoms with E-state index in [4.69, 9.17) is 15.3 Å². The number of nitrogens with two attached hydrogens (primary N) is 1. The van der Waals surface area contributed by atoms with Crippen molar-refractivity contribution in [3.8, 4) is 11.5 Å². The first kappa shape index (κ1) is 14.8. The van der Waals surface area contributed by atoms with Gasteiger partial charge in [0.25, 0.3) is 0 Å². The molecule has 0 heterocycles. The van der Waals surface area contributed by atoms with Crippen LogP contribution in [-0.2, 0) is 0 Å². The van der Waals surface area contributed by atoms with Crippen LogP contribution >= 0.6 is 0 Å². The average Bonchev–Trinajstić information content (AvgIpc) is 2.43. The molecule has 0 aromatic heterocycles. The second kappa shape index (κ2) is 6.61. The fourth-order valence-corrected chi connectivity index (χ4v) is 1.88. The monoisotopic (exact) mass is 252 g/mol. The highest BCUT2D eigenvalue weighted by Gasteiger charge is 2.18. The van der Waals surface area contributed by atoms with E-state index in [1.54, 1.807) is 14.2 Å². The molecule has 0 radical (unpaired) electrons. The Morgan fingerprint density at radius 2 is 1.78 bits per heavy atom. The number of hydrogen-bond donors (Lipinski definition) is 1. The van der Waals surface area contributed by atoms with E-state index in [9.17, 15) is 0 Å². The zero-order chi connectivity index (χ0) is 13.7. The molecule has 102 valence electrons. The van der Waals surface area contributed by atoms with Gasteiger partial charge in [0.2, 0.25) is 0 Å². The van der Waals surface area contributed by atoms with Crippen LogP contribution in [-0.4, -0.2) is 25.3 Å². The van der Waals surface area contributed by atoms with Crippen molar-refractivity contribution in [3.05, 3.63) is 23.8 Å². The van der Waals surface area contributed by atoms with Crippen LogP contribution in [0.15, 0.2) is 18.2 Å². The lowest BCUT2D eigenvalue weighted by Gasteiger charge is -2.30. The summed E-state index contributed by atoms with van der Waals surface area (Å²) in [4.78, 5) is 0. The van der Waals surface area contributed by atoms with Crippen molar-refractivity contribution in [1.29, 1.82) is 0 Å². The van der Waals surface area contributed by atoms with Crippen LogP contribution in [0.3, 0.4) is 0 Å². The summed E-state index contributed by atoms with van der Waals surface area (Å²) in [6, 6.07) is 6.39. The minimum Gasteiger partial charge on any atom is -0.493 e. The van der Waals surface area contributed by atoms with E-state index in [0.29, 0.717) is 6.04 Å². The van der Waals surface area contributed by atoms with Crippen molar-refractivity contribution in [1.82, 2.24) is 5.01 Å². The van der Waals surface area contributed by atoms with Crippen LogP contribution in [0.5, 0.6) is 11.5 Å². The lowest BCUT2D eigenvalue weighted by Crippen LogP contribution is -2.40. The minimum atomic E-state index is 0.139.